The Kier molecular flexibility index (Phi) is 4.13. The largest absolute Gasteiger partial charge is 0.340 e. The number of nitrogens with one attached hydrogen (secondary N) is 1. The average molecular weight is 355 g/mol. The Bertz CT molecular complexity index is 916. The number of hydrogen-bond donors (Lipinski definition) is 1. The van der Waals surface area contributed by atoms with Gasteiger partial charge in [-0.25, -0.2) is 19.6 Å². The van der Waals surface area contributed by atoms with E-state index in [0.717, 1.165) is 47.4 Å². The third-order valence-corrected chi connectivity index (χ3v) is 4.34. The number of rotatable bonds is 5. The zero-order chi connectivity index (χ0) is 17.4. The maximum absolute atomic E-state index is 6.14. The van der Waals surface area contributed by atoms with Crippen molar-refractivity contribution in [3.05, 3.63) is 58.5 Å². The number of aromatic nitrogens is 5. The summed E-state index contributed by atoms with van der Waals surface area (Å²) in [6.45, 7) is 4.54. The van der Waals surface area contributed by atoms with Gasteiger partial charge >= 0.3 is 0 Å². The summed E-state index contributed by atoms with van der Waals surface area (Å²) in [5.74, 6) is 3.72. The van der Waals surface area contributed by atoms with Gasteiger partial charge in [-0.1, -0.05) is 23.7 Å². The lowest BCUT2D eigenvalue weighted by Gasteiger charge is -2.10. The van der Waals surface area contributed by atoms with Crippen LogP contribution in [-0.4, -0.2) is 24.7 Å². The Morgan fingerprint density at radius 2 is 2.00 bits per heavy atom. The summed E-state index contributed by atoms with van der Waals surface area (Å²) < 4.78 is 1.90. The zero-order valence-corrected chi connectivity index (χ0v) is 15.0. The molecule has 1 saturated carbocycles. The number of anilines is 2. The van der Waals surface area contributed by atoms with Gasteiger partial charge < -0.3 is 5.32 Å². The summed E-state index contributed by atoms with van der Waals surface area (Å²) in [7, 11) is 0. The van der Waals surface area contributed by atoms with E-state index in [1.165, 1.54) is 0 Å². The monoisotopic (exact) mass is 354 g/mol. The number of hydrogen-bond acceptors (Lipinski definition) is 5. The van der Waals surface area contributed by atoms with Crippen LogP contribution in [-0.2, 0) is 6.54 Å². The summed E-state index contributed by atoms with van der Waals surface area (Å²) in [5, 5.41) is 8.22. The molecule has 0 radical (unpaired) electrons. The molecule has 3 aromatic rings. The fraction of sp³-hybridized carbons (Fsp3) is 0.333. The van der Waals surface area contributed by atoms with Crippen molar-refractivity contribution in [3.63, 3.8) is 0 Å². The average Bonchev–Trinajstić information content (AvgIpc) is 3.34. The van der Waals surface area contributed by atoms with E-state index in [2.05, 4.69) is 37.5 Å². The van der Waals surface area contributed by atoms with Crippen LogP contribution < -0.4 is 5.32 Å². The van der Waals surface area contributed by atoms with Crippen LogP contribution >= 0.6 is 11.6 Å². The van der Waals surface area contributed by atoms with E-state index in [1.54, 1.807) is 6.07 Å². The van der Waals surface area contributed by atoms with Crippen LogP contribution in [0, 0.1) is 13.8 Å². The first-order valence-electron chi connectivity index (χ1n) is 8.35. The predicted molar refractivity (Wildman–Crippen MR) is 97.3 cm³/mol. The summed E-state index contributed by atoms with van der Waals surface area (Å²) in [6.07, 6.45) is 2.29. The third kappa shape index (κ3) is 3.79. The fourth-order valence-electron chi connectivity index (χ4n) is 2.80. The smallest absolute Gasteiger partial charge is 0.147 e. The van der Waals surface area contributed by atoms with Crippen molar-refractivity contribution in [2.45, 2.75) is 39.2 Å². The Hall–Kier alpha value is -2.47. The van der Waals surface area contributed by atoms with E-state index in [9.17, 15) is 0 Å². The first kappa shape index (κ1) is 16.0. The highest BCUT2D eigenvalue weighted by atomic mass is 35.5. The molecule has 1 aliphatic carbocycles. The minimum Gasteiger partial charge on any atom is -0.340 e. The van der Waals surface area contributed by atoms with E-state index >= 15 is 0 Å². The highest BCUT2D eigenvalue weighted by Crippen LogP contribution is 2.39. The maximum Gasteiger partial charge on any atom is 0.147 e. The minimum atomic E-state index is 0.462. The first-order chi connectivity index (χ1) is 12.1. The van der Waals surface area contributed by atoms with E-state index in [-0.39, 0.29) is 0 Å². The minimum absolute atomic E-state index is 0.462. The van der Waals surface area contributed by atoms with Crippen molar-refractivity contribution in [1.82, 2.24) is 24.7 Å². The van der Waals surface area contributed by atoms with Crippen LogP contribution in [0.5, 0.6) is 0 Å². The molecule has 2 heterocycles. The summed E-state index contributed by atoms with van der Waals surface area (Å²) >= 11 is 6.14. The quantitative estimate of drug-likeness (QED) is 0.701. The number of aryl methyl sites for hydroxylation is 2. The first-order valence-corrected chi connectivity index (χ1v) is 8.73. The Morgan fingerprint density at radius 3 is 2.72 bits per heavy atom. The van der Waals surface area contributed by atoms with E-state index in [0.29, 0.717) is 17.6 Å². The van der Waals surface area contributed by atoms with Gasteiger partial charge in [-0.15, -0.1) is 0 Å². The highest BCUT2D eigenvalue weighted by molar-refractivity contribution is 6.29. The van der Waals surface area contributed by atoms with Gasteiger partial charge in [-0.3, -0.25) is 0 Å². The van der Waals surface area contributed by atoms with Crippen LogP contribution in [0.15, 0.2) is 30.3 Å². The molecular weight excluding hydrogens is 336 g/mol. The van der Waals surface area contributed by atoms with Crippen molar-refractivity contribution in [2.75, 3.05) is 5.32 Å². The Balaban J connectivity index is 1.54. The van der Waals surface area contributed by atoms with Gasteiger partial charge in [0.25, 0.3) is 0 Å². The van der Waals surface area contributed by atoms with Gasteiger partial charge in [-0.05, 0) is 44.4 Å². The van der Waals surface area contributed by atoms with Gasteiger partial charge in [0.15, 0.2) is 0 Å². The molecule has 1 fully saturated rings. The predicted octanol–water partition coefficient (Wildman–Crippen LogP) is 4.01. The Labute approximate surface area is 151 Å². The topological polar surface area (TPSA) is 68.5 Å². The van der Waals surface area contributed by atoms with Crippen molar-refractivity contribution in [2.24, 2.45) is 0 Å². The van der Waals surface area contributed by atoms with E-state index in [4.69, 9.17) is 11.6 Å². The molecule has 4 rings (SSSR count). The molecular formula is C18H19ClN6. The van der Waals surface area contributed by atoms with Crippen molar-refractivity contribution < 1.29 is 0 Å². The molecule has 1 N–H and O–H groups in total. The standard InChI is InChI=1S/C18H19ClN6/c1-11-20-12(2)25(24-11)10-13-4-3-5-15(8-13)21-17-9-16(19)22-18(23-17)14-6-7-14/h3-5,8-9,14H,6-7,10H2,1-2H3,(H,21,22,23). The van der Waals surface area contributed by atoms with Crippen LogP contribution in [0.2, 0.25) is 5.15 Å². The third-order valence-electron chi connectivity index (χ3n) is 4.15. The van der Waals surface area contributed by atoms with Gasteiger partial charge in [0, 0.05) is 17.7 Å². The van der Waals surface area contributed by atoms with Crippen LogP contribution in [0.25, 0.3) is 0 Å². The van der Waals surface area contributed by atoms with Crippen molar-refractivity contribution >= 4 is 23.1 Å². The molecule has 1 aromatic carbocycles. The van der Waals surface area contributed by atoms with Gasteiger partial charge in [0.2, 0.25) is 0 Å². The molecule has 0 aliphatic heterocycles. The van der Waals surface area contributed by atoms with Crippen LogP contribution in [0.1, 0.15) is 41.8 Å². The molecule has 0 amide bonds. The molecule has 6 nitrogen and oxygen atoms in total. The van der Waals surface area contributed by atoms with Crippen LogP contribution in [0.3, 0.4) is 0 Å². The fourth-order valence-corrected chi connectivity index (χ4v) is 2.99. The Morgan fingerprint density at radius 1 is 1.16 bits per heavy atom. The lowest BCUT2D eigenvalue weighted by Crippen LogP contribution is -2.05. The van der Waals surface area contributed by atoms with Gasteiger partial charge in [0.05, 0.1) is 6.54 Å². The second kappa shape index (κ2) is 6.44. The molecule has 7 heteroatoms. The molecule has 1 aliphatic rings. The molecule has 2 aromatic heterocycles. The molecule has 0 saturated heterocycles. The van der Waals surface area contributed by atoms with Gasteiger partial charge in [-0.2, -0.15) is 5.10 Å². The summed E-state index contributed by atoms with van der Waals surface area (Å²) in [6, 6.07) is 9.94. The number of nitrogens with zero attached hydrogens (tertiary/aromatic N) is 5. The summed E-state index contributed by atoms with van der Waals surface area (Å²) in [5.41, 5.74) is 2.10. The van der Waals surface area contributed by atoms with E-state index < -0.39 is 0 Å². The van der Waals surface area contributed by atoms with Gasteiger partial charge in [0.1, 0.15) is 28.4 Å². The second-order valence-electron chi connectivity index (χ2n) is 6.40. The lowest BCUT2D eigenvalue weighted by atomic mass is 10.2. The maximum atomic E-state index is 6.14. The molecule has 0 atom stereocenters. The second-order valence-corrected chi connectivity index (χ2v) is 6.78. The zero-order valence-electron chi connectivity index (χ0n) is 14.2. The molecule has 25 heavy (non-hydrogen) atoms. The SMILES string of the molecule is Cc1nc(C)n(Cc2cccc(Nc3cc(Cl)nc(C4CC4)n3)c2)n1. The van der Waals surface area contributed by atoms with Crippen molar-refractivity contribution in [1.29, 1.82) is 0 Å². The molecule has 0 bridgehead atoms. The van der Waals surface area contributed by atoms with Crippen molar-refractivity contribution in [3.8, 4) is 0 Å². The molecule has 0 unspecified atom stereocenters. The lowest BCUT2D eigenvalue weighted by molar-refractivity contribution is 0.656. The van der Waals surface area contributed by atoms with E-state index in [1.807, 2.05) is 30.7 Å². The molecule has 0 spiro atoms. The highest BCUT2D eigenvalue weighted by Gasteiger charge is 2.27. The number of benzene rings is 1. The van der Waals surface area contributed by atoms with Crippen LogP contribution in [0.4, 0.5) is 11.5 Å². The summed E-state index contributed by atoms with van der Waals surface area (Å²) in [4.78, 5) is 13.3. The normalized spacial score (nSPS) is 13.9. The number of halogens is 1. The molecule has 128 valence electrons.